The molecule has 1 atom stereocenters. The zero-order valence-corrected chi connectivity index (χ0v) is 13.6. The number of likely N-dealkylation sites (tertiary alicyclic amines) is 1. The van der Waals surface area contributed by atoms with Gasteiger partial charge in [0.15, 0.2) is 5.78 Å². The van der Waals surface area contributed by atoms with Crippen molar-refractivity contribution in [1.82, 2.24) is 19.7 Å². The zero-order valence-electron chi connectivity index (χ0n) is 12.8. The average molecular weight is 340 g/mol. The number of hydrogen-bond donors (Lipinski definition) is 0. The van der Waals surface area contributed by atoms with Crippen LogP contribution in [0.2, 0.25) is 5.15 Å². The number of nitrogens with zero attached hydrogens (tertiary/aromatic N) is 5. The molecule has 1 fully saturated rings. The van der Waals surface area contributed by atoms with E-state index in [0.29, 0.717) is 17.4 Å². The number of Topliss-reactive ketones (excluding diaryl/α,β-unsaturated/α-hetero) is 1. The molecule has 2 aliphatic rings. The molecule has 0 radical (unpaired) electrons. The highest BCUT2D eigenvalue weighted by atomic mass is 35.5. The summed E-state index contributed by atoms with van der Waals surface area (Å²) < 4.78 is 1.93. The van der Waals surface area contributed by atoms with Crippen LogP contribution < -0.4 is 0 Å². The van der Waals surface area contributed by atoms with Gasteiger partial charge in [-0.05, 0) is 24.1 Å². The Labute approximate surface area is 144 Å². The molecule has 1 aliphatic carbocycles. The Morgan fingerprint density at radius 1 is 1.42 bits per heavy atom. The van der Waals surface area contributed by atoms with Gasteiger partial charge in [0.25, 0.3) is 0 Å². The maximum atomic E-state index is 12.4. The van der Waals surface area contributed by atoms with Crippen molar-refractivity contribution >= 4 is 23.1 Å². The summed E-state index contributed by atoms with van der Waals surface area (Å²) in [5, 5.41) is 14.2. The number of hydrogen-bond acceptors (Lipinski definition) is 5. The molecule has 2 aromatic heterocycles. The molecule has 0 bridgehead atoms. The van der Waals surface area contributed by atoms with Crippen molar-refractivity contribution in [3.05, 3.63) is 52.6 Å². The summed E-state index contributed by atoms with van der Waals surface area (Å²) in [5.41, 5.74) is 2.56. The summed E-state index contributed by atoms with van der Waals surface area (Å²) in [4.78, 5) is 18.5. The SMILES string of the molecule is N#CC1=C(N2CCC(n3cccn3)C2)c2cc(Cl)ncc2CC1=O. The van der Waals surface area contributed by atoms with Gasteiger partial charge in [0.05, 0.1) is 11.7 Å². The summed E-state index contributed by atoms with van der Waals surface area (Å²) in [6.07, 6.45) is 6.43. The minimum absolute atomic E-state index is 0.160. The number of aromatic nitrogens is 3. The monoisotopic (exact) mass is 339 g/mol. The van der Waals surface area contributed by atoms with Crippen molar-refractivity contribution in [1.29, 1.82) is 5.26 Å². The van der Waals surface area contributed by atoms with Crippen molar-refractivity contribution < 1.29 is 4.79 Å². The minimum atomic E-state index is -0.160. The third-order valence-corrected chi connectivity index (χ3v) is 4.77. The van der Waals surface area contributed by atoms with Crippen molar-refractivity contribution in [2.24, 2.45) is 0 Å². The topological polar surface area (TPSA) is 74.8 Å². The van der Waals surface area contributed by atoms with Gasteiger partial charge in [-0.1, -0.05) is 11.6 Å². The molecule has 1 aliphatic heterocycles. The molecule has 0 aromatic carbocycles. The summed E-state index contributed by atoms with van der Waals surface area (Å²) in [6, 6.07) is 5.96. The van der Waals surface area contributed by atoms with Crippen LogP contribution in [0.5, 0.6) is 0 Å². The van der Waals surface area contributed by atoms with Crippen LogP contribution in [-0.4, -0.2) is 38.5 Å². The largest absolute Gasteiger partial charge is 0.368 e. The van der Waals surface area contributed by atoms with Crippen LogP contribution in [0.4, 0.5) is 0 Å². The molecular weight excluding hydrogens is 326 g/mol. The van der Waals surface area contributed by atoms with Crippen LogP contribution in [-0.2, 0) is 11.2 Å². The van der Waals surface area contributed by atoms with E-state index in [1.807, 2.05) is 16.9 Å². The van der Waals surface area contributed by atoms with E-state index in [1.54, 1.807) is 18.5 Å². The third-order valence-electron chi connectivity index (χ3n) is 4.57. The van der Waals surface area contributed by atoms with E-state index in [1.165, 1.54) is 0 Å². The summed E-state index contributed by atoms with van der Waals surface area (Å²) in [5.74, 6) is -0.160. The van der Waals surface area contributed by atoms with E-state index < -0.39 is 0 Å². The van der Waals surface area contributed by atoms with Crippen molar-refractivity contribution in [2.75, 3.05) is 13.1 Å². The first-order valence-electron chi connectivity index (χ1n) is 7.74. The molecule has 1 saturated heterocycles. The van der Waals surface area contributed by atoms with Crippen LogP contribution in [0, 0.1) is 11.3 Å². The quantitative estimate of drug-likeness (QED) is 0.784. The molecule has 0 saturated carbocycles. The first-order valence-corrected chi connectivity index (χ1v) is 8.11. The number of allylic oxidation sites excluding steroid dienone is 1. The lowest BCUT2D eigenvalue weighted by atomic mass is 9.89. The molecule has 3 heterocycles. The van der Waals surface area contributed by atoms with Gasteiger partial charge in [0.2, 0.25) is 0 Å². The van der Waals surface area contributed by atoms with Gasteiger partial charge < -0.3 is 4.90 Å². The number of carbonyl (C=O) groups excluding carboxylic acids is 1. The second kappa shape index (κ2) is 5.77. The lowest BCUT2D eigenvalue weighted by Gasteiger charge is -2.28. The zero-order chi connectivity index (χ0) is 16.7. The summed E-state index contributed by atoms with van der Waals surface area (Å²) >= 11 is 6.05. The molecule has 4 rings (SSSR count). The Hall–Kier alpha value is -2.65. The van der Waals surface area contributed by atoms with Gasteiger partial charge in [-0.3, -0.25) is 9.48 Å². The first kappa shape index (κ1) is 14.9. The maximum absolute atomic E-state index is 12.4. The fourth-order valence-electron chi connectivity index (χ4n) is 3.45. The van der Waals surface area contributed by atoms with E-state index in [-0.39, 0.29) is 23.8 Å². The van der Waals surface area contributed by atoms with Crippen molar-refractivity contribution in [3.63, 3.8) is 0 Å². The Bertz CT molecular complexity index is 881. The number of pyridine rings is 1. The highest BCUT2D eigenvalue weighted by molar-refractivity contribution is 6.29. The number of ketones is 1. The number of nitriles is 1. The lowest BCUT2D eigenvalue weighted by molar-refractivity contribution is -0.114. The minimum Gasteiger partial charge on any atom is -0.368 e. The highest BCUT2D eigenvalue weighted by Gasteiger charge is 2.34. The smallest absolute Gasteiger partial charge is 0.179 e. The predicted molar refractivity (Wildman–Crippen MR) is 87.9 cm³/mol. The number of halogens is 1. The third kappa shape index (κ3) is 2.38. The number of carbonyl (C=O) groups is 1. The van der Waals surface area contributed by atoms with E-state index in [9.17, 15) is 10.1 Å². The van der Waals surface area contributed by atoms with E-state index in [4.69, 9.17) is 11.6 Å². The summed E-state index contributed by atoms with van der Waals surface area (Å²) in [6.45, 7) is 1.46. The molecule has 7 heteroatoms. The molecular formula is C17H14ClN5O. The van der Waals surface area contributed by atoms with Crippen LogP contribution in [0.1, 0.15) is 23.6 Å². The molecule has 1 unspecified atom stereocenters. The Morgan fingerprint density at radius 3 is 3.04 bits per heavy atom. The van der Waals surface area contributed by atoms with Gasteiger partial charge in [-0.15, -0.1) is 0 Å². The second-order valence-corrected chi connectivity index (χ2v) is 6.36. The van der Waals surface area contributed by atoms with Crippen LogP contribution >= 0.6 is 11.6 Å². The maximum Gasteiger partial charge on any atom is 0.179 e. The van der Waals surface area contributed by atoms with E-state index >= 15 is 0 Å². The average Bonchev–Trinajstić information content (AvgIpc) is 3.25. The van der Waals surface area contributed by atoms with E-state index in [2.05, 4.69) is 21.1 Å². The Kier molecular flexibility index (Phi) is 3.58. The molecule has 6 nitrogen and oxygen atoms in total. The molecule has 2 aromatic rings. The molecule has 0 N–H and O–H groups in total. The first-order chi connectivity index (χ1) is 11.7. The predicted octanol–water partition coefficient (Wildman–Crippen LogP) is 2.24. The van der Waals surface area contributed by atoms with Crippen LogP contribution in [0.3, 0.4) is 0 Å². The Morgan fingerprint density at radius 2 is 2.29 bits per heavy atom. The standard InChI is InChI=1S/C17H14ClN5O/c18-16-7-13-11(9-20-16)6-15(24)14(8-19)17(13)22-5-2-12(10-22)23-4-1-3-21-23/h1,3-4,7,9,12H,2,5-6,10H2. The normalized spacial score (nSPS) is 20.2. The van der Waals surface area contributed by atoms with E-state index in [0.717, 1.165) is 24.1 Å². The molecule has 0 amide bonds. The number of fused-ring (bicyclic) bond motifs is 1. The highest BCUT2D eigenvalue weighted by Crippen LogP contribution is 2.36. The Balaban J connectivity index is 1.76. The van der Waals surface area contributed by atoms with Crippen molar-refractivity contribution in [2.45, 2.75) is 18.9 Å². The fourth-order valence-corrected chi connectivity index (χ4v) is 3.61. The lowest BCUT2D eigenvalue weighted by Crippen LogP contribution is -2.27. The van der Waals surface area contributed by atoms with Gasteiger partial charge in [0.1, 0.15) is 16.8 Å². The molecule has 24 heavy (non-hydrogen) atoms. The molecule has 120 valence electrons. The van der Waals surface area contributed by atoms with Crippen molar-refractivity contribution in [3.8, 4) is 6.07 Å². The van der Waals surface area contributed by atoms with Gasteiger partial charge in [-0.2, -0.15) is 10.4 Å². The van der Waals surface area contributed by atoms with Gasteiger partial charge in [-0.25, -0.2) is 4.98 Å². The summed E-state index contributed by atoms with van der Waals surface area (Å²) in [7, 11) is 0. The molecule has 0 spiro atoms. The fraction of sp³-hybridized carbons (Fsp3) is 0.294. The van der Waals surface area contributed by atoms with Crippen LogP contribution in [0.15, 0.2) is 36.3 Å². The number of rotatable bonds is 2. The van der Waals surface area contributed by atoms with Gasteiger partial charge in [0, 0.05) is 43.7 Å². The van der Waals surface area contributed by atoms with Gasteiger partial charge >= 0.3 is 0 Å². The van der Waals surface area contributed by atoms with Crippen LogP contribution in [0.25, 0.3) is 5.70 Å². The second-order valence-electron chi connectivity index (χ2n) is 5.97.